The number of nitrogens with two attached hydrogens (primary N) is 1. The van der Waals surface area contributed by atoms with Crippen molar-refractivity contribution >= 4 is 28.9 Å². The molecule has 0 bridgehead atoms. The highest BCUT2D eigenvalue weighted by atomic mass is 35.5. The molecule has 2 unspecified atom stereocenters. The Morgan fingerprint density at radius 1 is 0.960 bits per heavy atom. The van der Waals surface area contributed by atoms with E-state index in [9.17, 15) is 0 Å². The van der Waals surface area contributed by atoms with Crippen molar-refractivity contribution < 1.29 is 0 Å². The Labute approximate surface area is 156 Å². The summed E-state index contributed by atoms with van der Waals surface area (Å²) >= 11 is 0. The van der Waals surface area contributed by atoms with Crippen LogP contribution in [0.2, 0.25) is 0 Å². The van der Waals surface area contributed by atoms with Gasteiger partial charge in [-0.15, -0.1) is 12.4 Å². The molecule has 2 N–H and O–H groups in total. The van der Waals surface area contributed by atoms with E-state index >= 15 is 0 Å². The van der Waals surface area contributed by atoms with Gasteiger partial charge in [-0.2, -0.15) is 0 Å². The van der Waals surface area contributed by atoms with E-state index < -0.39 is 0 Å². The van der Waals surface area contributed by atoms with Gasteiger partial charge in [0.1, 0.15) is 0 Å². The maximum absolute atomic E-state index is 6.60. The standard InChI is InChI=1S/C22H24N2.ClH/c1-16-6-8-17(9-7-16)14-20-12-13-24(22(20)23)21-11-10-18-4-2-3-5-19(18)15-21;/h2-11,15,20,22H,12-14,23H2,1H3;1H. The zero-order valence-electron chi connectivity index (χ0n) is 14.6. The number of hydrogen-bond acceptors (Lipinski definition) is 2. The van der Waals surface area contributed by atoms with Gasteiger partial charge in [0.05, 0.1) is 6.17 Å². The topological polar surface area (TPSA) is 29.3 Å². The quantitative estimate of drug-likeness (QED) is 0.724. The van der Waals surface area contributed by atoms with Gasteiger partial charge < -0.3 is 10.6 Å². The van der Waals surface area contributed by atoms with Gasteiger partial charge in [0.25, 0.3) is 0 Å². The van der Waals surface area contributed by atoms with Gasteiger partial charge in [0, 0.05) is 12.2 Å². The van der Waals surface area contributed by atoms with Crippen LogP contribution in [0.15, 0.2) is 66.7 Å². The molecule has 3 aromatic rings. The van der Waals surface area contributed by atoms with Crippen LogP contribution in [-0.2, 0) is 6.42 Å². The number of fused-ring (bicyclic) bond motifs is 1. The van der Waals surface area contributed by atoms with Gasteiger partial charge in [0.2, 0.25) is 0 Å². The maximum atomic E-state index is 6.60. The molecule has 1 saturated heterocycles. The fourth-order valence-electron chi connectivity index (χ4n) is 3.79. The first-order valence-corrected chi connectivity index (χ1v) is 8.77. The summed E-state index contributed by atoms with van der Waals surface area (Å²) < 4.78 is 0. The van der Waals surface area contributed by atoms with E-state index in [1.165, 1.54) is 27.6 Å². The maximum Gasteiger partial charge on any atom is 0.0803 e. The number of nitrogens with zero attached hydrogens (tertiary/aromatic N) is 1. The van der Waals surface area contributed by atoms with Crippen LogP contribution >= 0.6 is 12.4 Å². The monoisotopic (exact) mass is 352 g/mol. The predicted molar refractivity (Wildman–Crippen MR) is 110 cm³/mol. The lowest BCUT2D eigenvalue weighted by Gasteiger charge is -2.27. The minimum Gasteiger partial charge on any atom is -0.356 e. The first kappa shape index (κ1) is 17.8. The van der Waals surface area contributed by atoms with E-state index in [0.29, 0.717) is 5.92 Å². The van der Waals surface area contributed by atoms with Gasteiger partial charge in [-0.3, -0.25) is 0 Å². The second-order valence-electron chi connectivity index (χ2n) is 6.95. The third-order valence-corrected chi connectivity index (χ3v) is 5.27. The van der Waals surface area contributed by atoms with E-state index in [1.54, 1.807) is 0 Å². The largest absolute Gasteiger partial charge is 0.356 e. The van der Waals surface area contributed by atoms with Crippen molar-refractivity contribution in [2.24, 2.45) is 11.7 Å². The molecule has 1 fully saturated rings. The molecule has 0 saturated carbocycles. The number of anilines is 1. The van der Waals surface area contributed by atoms with Gasteiger partial charge in [-0.1, -0.05) is 60.2 Å². The zero-order chi connectivity index (χ0) is 16.5. The number of benzene rings is 3. The highest BCUT2D eigenvalue weighted by molar-refractivity contribution is 5.86. The minimum absolute atomic E-state index is 0. The Morgan fingerprint density at radius 3 is 2.44 bits per heavy atom. The van der Waals surface area contributed by atoms with E-state index in [0.717, 1.165) is 19.4 Å². The molecule has 2 nitrogen and oxygen atoms in total. The van der Waals surface area contributed by atoms with Crippen LogP contribution in [0.25, 0.3) is 10.8 Å². The van der Waals surface area contributed by atoms with Gasteiger partial charge in [-0.25, -0.2) is 0 Å². The molecule has 0 spiro atoms. The van der Waals surface area contributed by atoms with Crippen molar-refractivity contribution in [2.45, 2.75) is 25.9 Å². The van der Waals surface area contributed by atoms with E-state index in [1.807, 2.05) is 0 Å². The molecule has 2 atom stereocenters. The molecule has 3 heteroatoms. The average Bonchev–Trinajstić information content (AvgIpc) is 2.97. The van der Waals surface area contributed by atoms with Crippen LogP contribution in [0.5, 0.6) is 0 Å². The summed E-state index contributed by atoms with van der Waals surface area (Å²) in [6.45, 7) is 3.17. The summed E-state index contributed by atoms with van der Waals surface area (Å²) in [5, 5.41) is 2.56. The van der Waals surface area contributed by atoms with E-state index in [2.05, 4.69) is 78.6 Å². The third kappa shape index (κ3) is 3.65. The second kappa shape index (κ2) is 7.47. The fourth-order valence-corrected chi connectivity index (χ4v) is 3.79. The van der Waals surface area contributed by atoms with Crippen LogP contribution in [0.3, 0.4) is 0 Å². The third-order valence-electron chi connectivity index (χ3n) is 5.27. The number of hydrogen-bond donors (Lipinski definition) is 1. The summed E-state index contributed by atoms with van der Waals surface area (Å²) in [6.07, 6.45) is 2.31. The highest BCUT2D eigenvalue weighted by Crippen LogP contribution is 2.31. The molecule has 1 heterocycles. The van der Waals surface area contributed by atoms with Crippen molar-refractivity contribution in [3.63, 3.8) is 0 Å². The molecule has 1 aliphatic heterocycles. The van der Waals surface area contributed by atoms with Crippen molar-refractivity contribution in [3.05, 3.63) is 77.9 Å². The molecule has 4 rings (SSSR count). The van der Waals surface area contributed by atoms with Crippen LogP contribution in [0, 0.1) is 12.8 Å². The predicted octanol–water partition coefficient (Wildman–Crippen LogP) is 4.92. The van der Waals surface area contributed by atoms with Crippen molar-refractivity contribution in [1.29, 1.82) is 0 Å². The summed E-state index contributed by atoms with van der Waals surface area (Å²) in [7, 11) is 0. The lowest BCUT2D eigenvalue weighted by atomic mass is 9.96. The van der Waals surface area contributed by atoms with Crippen molar-refractivity contribution in [3.8, 4) is 0 Å². The smallest absolute Gasteiger partial charge is 0.0803 e. The Morgan fingerprint density at radius 2 is 1.68 bits per heavy atom. The highest BCUT2D eigenvalue weighted by Gasteiger charge is 2.31. The summed E-state index contributed by atoms with van der Waals surface area (Å²) in [5.74, 6) is 0.513. The lowest BCUT2D eigenvalue weighted by molar-refractivity contribution is 0.479. The Hall–Kier alpha value is -2.03. The molecule has 130 valence electrons. The molecule has 0 aliphatic carbocycles. The zero-order valence-corrected chi connectivity index (χ0v) is 15.4. The molecular weight excluding hydrogens is 328 g/mol. The molecule has 1 aliphatic rings. The average molecular weight is 353 g/mol. The first-order valence-electron chi connectivity index (χ1n) is 8.77. The lowest BCUT2D eigenvalue weighted by Crippen LogP contribution is -2.41. The van der Waals surface area contributed by atoms with Crippen molar-refractivity contribution in [2.75, 3.05) is 11.4 Å². The van der Waals surface area contributed by atoms with Crippen LogP contribution in [0.4, 0.5) is 5.69 Å². The molecule has 25 heavy (non-hydrogen) atoms. The Kier molecular flexibility index (Phi) is 5.31. The molecular formula is C22H25ClN2. The summed E-state index contributed by atoms with van der Waals surface area (Å²) in [5.41, 5.74) is 10.5. The molecule has 0 amide bonds. The number of rotatable bonds is 3. The van der Waals surface area contributed by atoms with Crippen molar-refractivity contribution in [1.82, 2.24) is 0 Å². The summed E-state index contributed by atoms with van der Waals surface area (Å²) in [4.78, 5) is 2.37. The number of halogens is 1. The fraction of sp³-hybridized carbons (Fsp3) is 0.273. The van der Waals surface area contributed by atoms with Gasteiger partial charge in [0.15, 0.2) is 0 Å². The summed E-state index contributed by atoms with van der Waals surface area (Å²) in [6, 6.07) is 24.0. The molecule has 0 aromatic heterocycles. The van der Waals surface area contributed by atoms with Gasteiger partial charge >= 0.3 is 0 Å². The normalized spacial score (nSPS) is 19.8. The molecule has 0 radical (unpaired) electrons. The van der Waals surface area contributed by atoms with Crippen LogP contribution in [-0.4, -0.2) is 12.7 Å². The first-order chi connectivity index (χ1) is 11.7. The van der Waals surface area contributed by atoms with E-state index in [-0.39, 0.29) is 18.6 Å². The van der Waals surface area contributed by atoms with Gasteiger partial charge in [-0.05, 0) is 54.2 Å². The number of aryl methyl sites for hydroxylation is 1. The molecule has 3 aromatic carbocycles. The second-order valence-corrected chi connectivity index (χ2v) is 6.95. The Balaban J connectivity index is 0.00000182. The SMILES string of the molecule is Cc1ccc(CC2CCN(c3ccc4ccccc4c3)C2N)cc1.Cl. The van der Waals surface area contributed by atoms with Crippen LogP contribution < -0.4 is 10.6 Å². The van der Waals surface area contributed by atoms with Crippen LogP contribution in [0.1, 0.15) is 17.5 Å². The Bertz CT molecular complexity index is 844. The van der Waals surface area contributed by atoms with E-state index in [4.69, 9.17) is 5.73 Å². The minimum atomic E-state index is 0.